The van der Waals surface area contributed by atoms with Gasteiger partial charge in [0.05, 0.1) is 12.3 Å². The van der Waals surface area contributed by atoms with Gasteiger partial charge in [-0.25, -0.2) is 9.97 Å². The number of aromatic nitrogens is 2. The van der Waals surface area contributed by atoms with Crippen LogP contribution in [0.25, 0.3) is 0 Å². The van der Waals surface area contributed by atoms with E-state index in [4.69, 9.17) is 10.5 Å². The Kier molecular flexibility index (Phi) is 4.71. The van der Waals surface area contributed by atoms with Gasteiger partial charge in [-0.2, -0.15) is 4.99 Å². The van der Waals surface area contributed by atoms with Crippen LogP contribution in [0.3, 0.4) is 0 Å². The maximum absolute atomic E-state index is 5.91. The summed E-state index contributed by atoms with van der Waals surface area (Å²) in [5, 5.41) is 3.01. The Morgan fingerprint density at radius 1 is 1.24 bits per heavy atom. The standard InChI is InChI=1S/C15H19N5O/c1-4-21-13-8-6-5-7-12(13)19-14(16)20-15-17-10(2)9-11(3)18-15/h5-9H,4H2,1-3H3,(H3,16,17,18,19,20). The first-order chi connectivity index (χ1) is 10.1. The Hall–Kier alpha value is -2.63. The summed E-state index contributed by atoms with van der Waals surface area (Å²) >= 11 is 0. The molecule has 0 saturated heterocycles. The minimum Gasteiger partial charge on any atom is -0.492 e. The molecule has 6 nitrogen and oxygen atoms in total. The number of aryl methyl sites for hydroxylation is 2. The highest BCUT2D eigenvalue weighted by Crippen LogP contribution is 2.23. The number of hydrogen-bond donors (Lipinski definition) is 2. The Morgan fingerprint density at radius 2 is 1.90 bits per heavy atom. The fraction of sp³-hybridized carbons (Fsp3) is 0.267. The number of benzene rings is 1. The van der Waals surface area contributed by atoms with Crippen LogP contribution in [0.2, 0.25) is 0 Å². The van der Waals surface area contributed by atoms with Crippen LogP contribution in [0.5, 0.6) is 5.75 Å². The summed E-state index contributed by atoms with van der Waals surface area (Å²) in [5.74, 6) is 1.28. The minimum atomic E-state index is 0.215. The lowest BCUT2D eigenvalue weighted by Gasteiger charge is -2.11. The van der Waals surface area contributed by atoms with Gasteiger partial charge in [0.25, 0.3) is 5.95 Å². The number of para-hydroxylation sites is 2. The van der Waals surface area contributed by atoms with Crippen molar-refractivity contribution in [2.75, 3.05) is 11.9 Å². The molecule has 21 heavy (non-hydrogen) atoms. The molecule has 0 bridgehead atoms. The van der Waals surface area contributed by atoms with Gasteiger partial charge in [0, 0.05) is 11.4 Å². The molecule has 1 heterocycles. The molecule has 2 aromatic rings. The summed E-state index contributed by atoms with van der Waals surface area (Å²) < 4.78 is 5.52. The lowest BCUT2D eigenvalue weighted by Crippen LogP contribution is -2.22. The molecular weight excluding hydrogens is 266 g/mol. The zero-order chi connectivity index (χ0) is 15.2. The number of ether oxygens (including phenoxy) is 1. The number of nitrogens with two attached hydrogens (primary N) is 1. The van der Waals surface area contributed by atoms with Gasteiger partial charge in [0.15, 0.2) is 0 Å². The van der Waals surface area contributed by atoms with Gasteiger partial charge in [-0.1, -0.05) is 12.1 Å². The average molecular weight is 285 g/mol. The third-order valence-corrected chi connectivity index (χ3v) is 2.64. The van der Waals surface area contributed by atoms with Crippen LogP contribution in [0.1, 0.15) is 18.3 Å². The average Bonchev–Trinajstić information content (AvgIpc) is 2.40. The van der Waals surface area contributed by atoms with Gasteiger partial charge >= 0.3 is 0 Å². The molecule has 1 aromatic heterocycles. The zero-order valence-corrected chi connectivity index (χ0v) is 12.4. The number of rotatable bonds is 4. The van der Waals surface area contributed by atoms with E-state index in [1.54, 1.807) is 0 Å². The quantitative estimate of drug-likeness (QED) is 0.666. The predicted molar refractivity (Wildman–Crippen MR) is 84.0 cm³/mol. The summed E-state index contributed by atoms with van der Waals surface area (Å²) in [6.07, 6.45) is 0. The highest BCUT2D eigenvalue weighted by Gasteiger charge is 2.04. The molecule has 0 saturated carbocycles. The molecule has 0 amide bonds. The van der Waals surface area contributed by atoms with Crippen molar-refractivity contribution in [3.8, 4) is 5.75 Å². The van der Waals surface area contributed by atoms with E-state index >= 15 is 0 Å². The van der Waals surface area contributed by atoms with E-state index in [0.717, 1.165) is 22.8 Å². The molecule has 0 aliphatic rings. The van der Waals surface area contributed by atoms with Crippen molar-refractivity contribution in [3.63, 3.8) is 0 Å². The van der Waals surface area contributed by atoms with Crippen LogP contribution in [-0.4, -0.2) is 22.5 Å². The number of nitrogens with zero attached hydrogens (tertiary/aromatic N) is 3. The summed E-state index contributed by atoms with van der Waals surface area (Å²) in [5.41, 5.74) is 8.36. The van der Waals surface area contributed by atoms with E-state index in [1.165, 1.54) is 0 Å². The molecule has 6 heteroatoms. The molecule has 0 radical (unpaired) electrons. The molecule has 3 N–H and O–H groups in total. The fourth-order valence-electron chi connectivity index (χ4n) is 1.88. The normalized spacial score (nSPS) is 11.3. The van der Waals surface area contributed by atoms with Gasteiger partial charge in [0.2, 0.25) is 5.96 Å². The second-order valence-electron chi connectivity index (χ2n) is 4.50. The fourth-order valence-corrected chi connectivity index (χ4v) is 1.88. The van der Waals surface area contributed by atoms with Crippen molar-refractivity contribution >= 4 is 17.6 Å². The second kappa shape index (κ2) is 6.69. The number of nitrogens with one attached hydrogen (secondary N) is 1. The zero-order valence-electron chi connectivity index (χ0n) is 12.4. The van der Waals surface area contributed by atoms with Crippen LogP contribution in [0.4, 0.5) is 11.6 Å². The van der Waals surface area contributed by atoms with E-state index < -0.39 is 0 Å². The third kappa shape index (κ3) is 4.17. The molecule has 110 valence electrons. The number of anilines is 1. The van der Waals surface area contributed by atoms with Crippen LogP contribution < -0.4 is 15.8 Å². The highest BCUT2D eigenvalue weighted by molar-refractivity contribution is 5.94. The molecule has 0 spiro atoms. The lowest BCUT2D eigenvalue weighted by molar-refractivity contribution is 0.342. The van der Waals surface area contributed by atoms with Crippen LogP contribution in [-0.2, 0) is 0 Å². The van der Waals surface area contributed by atoms with Crippen LogP contribution >= 0.6 is 0 Å². The summed E-state index contributed by atoms with van der Waals surface area (Å²) in [6, 6.07) is 9.41. The molecule has 0 aliphatic heterocycles. The number of aliphatic imine (C=N–C) groups is 1. The minimum absolute atomic E-state index is 0.215. The topological polar surface area (TPSA) is 85.4 Å². The first kappa shape index (κ1) is 14.8. The summed E-state index contributed by atoms with van der Waals surface area (Å²) in [4.78, 5) is 12.6. The second-order valence-corrected chi connectivity index (χ2v) is 4.50. The molecule has 0 aliphatic carbocycles. The molecule has 2 rings (SSSR count). The van der Waals surface area contributed by atoms with Gasteiger partial charge in [0.1, 0.15) is 5.75 Å². The Morgan fingerprint density at radius 3 is 2.57 bits per heavy atom. The SMILES string of the molecule is CCOc1ccccc1N/C(N)=N/c1nc(C)cc(C)n1. The maximum Gasteiger partial charge on any atom is 0.253 e. The number of hydrogen-bond acceptors (Lipinski definition) is 4. The van der Waals surface area contributed by atoms with E-state index in [1.807, 2.05) is 51.1 Å². The first-order valence-electron chi connectivity index (χ1n) is 6.73. The molecule has 1 aromatic carbocycles. The van der Waals surface area contributed by atoms with Crippen LogP contribution in [0.15, 0.2) is 35.3 Å². The Labute approximate surface area is 124 Å². The lowest BCUT2D eigenvalue weighted by atomic mass is 10.3. The smallest absolute Gasteiger partial charge is 0.253 e. The van der Waals surface area contributed by atoms with E-state index in [9.17, 15) is 0 Å². The molecular formula is C15H19N5O. The first-order valence-corrected chi connectivity index (χ1v) is 6.73. The van der Waals surface area contributed by atoms with E-state index in [2.05, 4.69) is 20.3 Å². The Balaban J connectivity index is 2.21. The van der Waals surface area contributed by atoms with Crippen molar-refractivity contribution in [3.05, 3.63) is 41.7 Å². The maximum atomic E-state index is 5.91. The van der Waals surface area contributed by atoms with E-state index in [0.29, 0.717) is 12.6 Å². The summed E-state index contributed by atoms with van der Waals surface area (Å²) in [6.45, 7) is 6.29. The molecule has 0 atom stereocenters. The van der Waals surface area contributed by atoms with Crippen molar-refractivity contribution in [1.29, 1.82) is 0 Å². The highest BCUT2D eigenvalue weighted by atomic mass is 16.5. The number of guanidine groups is 1. The van der Waals surface area contributed by atoms with E-state index in [-0.39, 0.29) is 5.96 Å². The third-order valence-electron chi connectivity index (χ3n) is 2.64. The van der Waals surface area contributed by atoms with Crippen molar-refractivity contribution < 1.29 is 4.74 Å². The predicted octanol–water partition coefficient (Wildman–Crippen LogP) is 2.55. The van der Waals surface area contributed by atoms with Gasteiger partial charge in [-0.3, -0.25) is 0 Å². The largest absolute Gasteiger partial charge is 0.492 e. The van der Waals surface area contributed by atoms with Gasteiger partial charge in [-0.05, 0) is 39.0 Å². The van der Waals surface area contributed by atoms with Gasteiger partial charge < -0.3 is 15.8 Å². The molecule has 0 unspecified atom stereocenters. The Bertz CT molecular complexity index is 634. The summed E-state index contributed by atoms with van der Waals surface area (Å²) in [7, 11) is 0. The van der Waals surface area contributed by atoms with Crippen molar-refractivity contribution in [2.24, 2.45) is 10.7 Å². The van der Waals surface area contributed by atoms with Crippen molar-refractivity contribution in [2.45, 2.75) is 20.8 Å². The monoisotopic (exact) mass is 285 g/mol. The molecule has 0 fully saturated rings. The van der Waals surface area contributed by atoms with Gasteiger partial charge in [-0.15, -0.1) is 0 Å². The van der Waals surface area contributed by atoms with Crippen LogP contribution in [0, 0.1) is 13.8 Å². The van der Waals surface area contributed by atoms with Crippen molar-refractivity contribution in [1.82, 2.24) is 9.97 Å².